The van der Waals surface area contributed by atoms with Gasteiger partial charge in [-0.05, 0) is 19.4 Å². The third-order valence-electron chi connectivity index (χ3n) is 2.34. The summed E-state index contributed by atoms with van der Waals surface area (Å²) in [6, 6.07) is 3.19. The van der Waals surface area contributed by atoms with Gasteiger partial charge < -0.3 is 5.32 Å². The van der Waals surface area contributed by atoms with Crippen molar-refractivity contribution in [1.29, 1.82) is 0 Å². The lowest BCUT2D eigenvalue weighted by molar-refractivity contribution is 0.618. The van der Waals surface area contributed by atoms with E-state index in [1.54, 1.807) is 6.07 Å². The lowest BCUT2D eigenvalue weighted by atomic mass is 10.4. The Balaban J connectivity index is 2.25. The van der Waals surface area contributed by atoms with Crippen molar-refractivity contribution in [3.05, 3.63) is 22.5 Å². The predicted molar refractivity (Wildman–Crippen MR) is 71.9 cm³/mol. The van der Waals surface area contributed by atoms with Crippen LogP contribution in [0.4, 0.5) is 5.13 Å². The molecule has 0 spiro atoms. The summed E-state index contributed by atoms with van der Waals surface area (Å²) in [5, 5.41) is 17.0. The Kier molecular flexibility index (Phi) is 4.03. The first kappa shape index (κ1) is 12.7. The predicted octanol–water partition coefficient (Wildman–Crippen LogP) is 1.60. The van der Waals surface area contributed by atoms with E-state index in [1.807, 2.05) is 6.92 Å². The molecule has 96 valence electrons. The number of aryl methyl sites for hydroxylation is 1. The molecule has 0 fully saturated rings. The van der Waals surface area contributed by atoms with Crippen LogP contribution in [-0.4, -0.2) is 26.5 Å². The Morgan fingerprint density at radius 3 is 2.89 bits per heavy atom. The quantitative estimate of drug-likeness (QED) is 0.889. The van der Waals surface area contributed by atoms with Gasteiger partial charge in [-0.2, -0.15) is 5.10 Å². The fourth-order valence-electron chi connectivity index (χ4n) is 1.42. The molecule has 0 radical (unpaired) electrons. The highest BCUT2D eigenvalue weighted by atomic mass is 32.1. The maximum absolute atomic E-state index is 11.4. The highest BCUT2D eigenvalue weighted by Crippen LogP contribution is 2.23. The summed E-state index contributed by atoms with van der Waals surface area (Å²) in [6.45, 7) is 5.39. The molecule has 2 heterocycles. The standard InChI is InChI=1S/C11H15N5OS/c1-3-7-12-11-14-13-10(18-11)8-5-6-9(17)16(4-2)15-8/h5-6H,3-4,7H2,1-2H3,(H,12,14). The van der Waals surface area contributed by atoms with E-state index in [2.05, 4.69) is 27.5 Å². The van der Waals surface area contributed by atoms with Gasteiger partial charge in [-0.25, -0.2) is 4.68 Å². The van der Waals surface area contributed by atoms with E-state index in [0.29, 0.717) is 12.2 Å². The van der Waals surface area contributed by atoms with Crippen molar-refractivity contribution in [3.8, 4) is 10.7 Å². The SMILES string of the molecule is CCCNc1nnc(-c2ccc(=O)n(CC)n2)s1. The van der Waals surface area contributed by atoms with E-state index in [4.69, 9.17) is 0 Å². The van der Waals surface area contributed by atoms with Crippen LogP contribution < -0.4 is 10.9 Å². The van der Waals surface area contributed by atoms with Crippen molar-refractivity contribution < 1.29 is 0 Å². The van der Waals surface area contributed by atoms with E-state index in [9.17, 15) is 4.79 Å². The average Bonchev–Trinajstić information content (AvgIpc) is 2.85. The summed E-state index contributed by atoms with van der Waals surface area (Å²) in [5.74, 6) is 0. The molecular weight excluding hydrogens is 250 g/mol. The molecule has 0 atom stereocenters. The van der Waals surface area contributed by atoms with E-state index in [0.717, 1.165) is 23.1 Å². The molecule has 0 bridgehead atoms. The average molecular weight is 265 g/mol. The Labute approximate surface area is 109 Å². The first-order valence-electron chi connectivity index (χ1n) is 5.90. The summed E-state index contributed by atoms with van der Waals surface area (Å²) in [5.41, 5.74) is 0.577. The van der Waals surface area contributed by atoms with Gasteiger partial charge >= 0.3 is 0 Å². The Bertz CT molecular complexity index is 577. The summed E-state index contributed by atoms with van der Waals surface area (Å²) < 4.78 is 1.41. The Hall–Kier alpha value is -1.76. The minimum atomic E-state index is -0.102. The molecule has 0 aliphatic carbocycles. The molecule has 0 saturated heterocycles. The zero-order chi connectivity index (χ0) is 13.0. The van der Waals surface area contributed by atoms with Gasteiger partial charge in [-0.15, -0.1) is 10.2 Å². The number of nitrogens with zero attached hydrogens (tertiary/aromatic N) is 4. The van der Waals surface area contributed by atoms with Gasteiger partial charge in [-0.1, -0.05) is 18.3 Å². The van der Waals surface area contributed by atoms with Gasteiger partial charge in [0.1, 0.15) is 5.69 Å². The molecule has 2 rings (SSSR count). The van der Waals surface area contributed by atoms with Gasteiger partial charge in [0.25, 0.3) is 5.56 Å². The molecule has 0 aliphatic heterocycles. The summed E-state index contributed by atoms with van der Waals surface area (Å²) in [6.07, 6.45) is 1.04. The topological polar surface area (TPSA) is 72.7 Å². The molecular formula is C11H15N5OS. The summed E-state index contributed by atoms with van der Waals surface area (Å²) >= 11 is 1.44. The van der Waals surface area contributed by atoms with E-state index >= 15 is 0 Å². The smallest absolute Gasteiger partial charge is 0.266 e. The molecule has 0 unspecified atom stereocenters. The van der Waals surface area contributed by atoms with Gasteiger partial charge in [0.15, 0.2) is 5.01 Å². The Morgan fingerprint density at radius 1 is 1.33 bits per heavy atom. The van der Waals surface area contributed by atoms with Gasteiger partial charge in [0.05, 0.1) is 0 Å². The van der Waals surface area contributed by atoms with Crippen LogP contribution in [0.15, 0.2) is 16.9 Å². The van der Waals surface area contributed by atoms with Crippen molar-refractivity contribution in [2.24, 2.45) is 0 Å². The fraction of sp³-hybridized carbons (Fsp3) is 0.455. The molecule has 1 N–H and O–H groups in total. The van der Waals surface area contributed by atoms with Crippen LogP contribution >= 0.6 is 11.3 Å². The second kappa shape index (κ2) is 5.72. The molecule has 0 aliphatic rings. The molecule has 2 aromatic heterocycles. The molecule has 7 heteroatoms. The van der Waals surface area contributed by atoms with Gasteiger partial charge in [0, 0.05) is 19.2 Å². The van der Waals surface area contributed by atoms with Crippen molar-refractivity contribution >= 4 is 16.5 Å². The third-order valence-corrected chi connectivity index (χ3v) is 3.24. The van der Waals surface area contributed by atoms with Gasteiger partial charge in [-0.3, -0.25) is 4.79 Å². The van der Waals surface area contributed by atoms with Crippen molar-refractivity contribution in [2.45, 2.75) is 26.8 Å². The monoisotopic (exact) mass is 265 g/mol. The van der Waals surface area contributed by atoms with E-state index in [-0.39, 0.29) is 5.56 Å². The second-order valence-corrected chi connectivity index (χ2v) is 4.69. The van der Waals surface area contributed by atoms with Crippen LogP contribution in [0.2, 0.25) is 0 Å². The van der Waals surface area contributed by atoms with Crippen molar-refractivity contribution in [1.82, 2.24) is 20.0 Å². The molecule has 0 aromatic carbocycles. The van der Waals surface area contributed by atoms with Gasteiger partial charge in [0.2, 0.25) is 5.13 Å². The number of aromatic nitrogens is 4. The van der Waals surface area contributed by atoms with Crippen molar-refractivity contribution in [2.75, 3.05) is 11.9 Å². The lowest BCUT2D eigenvalue weighted by Gasteiger charge is -2.00. The van der Waals surface area contributed by atoms with Crippen LogP contribution in [-0.2, 0) is 6.54 Å². The largest absolute Gasteiger partial charge is 0.360 e. The minimum absolute atomic E-state index is 0.102. The van der Waals surface area contributed by atoms with Crippen molar-refractivity contribution in [3.63, 3.8) is 0 Å². The van der Waals surface area contributed by atoms with Crippen LogP contribution in [0.5, 0.6) is 0 Å². The van der Waals surface area contributed by atoms with Crippen LogP contribution in [0.1, 0.15) is 20.3 Å². The molecule has 0 amide bonds. The normalized spacial score (nSPS) is 10.6. The number of anilines is 1. The molecule has 2 aromatic rings. The highest BCUT2D eigenvalue weighted by molar-refractivity contribution is 7.18. The number of hydrogen-bond donors (Lipinski definition) is 1. The zero-order valence-electron chi connectivity index (χ0n) is 10.4. The highest BCUT2D eigenvalue weighted by Gasteiger charge is 2.08. The molecule has 18 heavy (non-hydrogen) atoms. The summed E-state index contributed by atoms with van der Waals surface area (Å²) in [7, 11) is 0. The first-order valence-corrected chi connectivity index (χ1v) is 6.72. The molecule has 0 saturated carbocycles. The second-order valence-electron chi connectivity index (χ2n) is 3.71. The number of hydrogen-bond acceptors (Lipinski definition) is 6. The first-order chi connectivity index (χ1) is 8.74. The summed E-state index contributed by atoms with van der Waals surface area (Å²) in [4.78, 5) is 11.4. The van der Waals surface area contributed by atoms with E-state index < -0.39 is 0 Å². The van der Waals surface area contributed by atoms with Crippen LogP contribution in [0.3, 0.4) is 0 Å². The number of nitrogens with one attached hydrogen (secondary N) is 1. The maximum Gasteiger partial charge on any atom is 0.266 e. The Morgan fingerprint density at radius 2 is 2.17 bits per heavy atom. The van der Waals surface area contributed by atoms with Crippen LogP contribution in [0.25, 0.3) is 10.7 Å². The van der Waals surface area contributed by atoms with Crippen LogP contribution in [0, 0.1) is 0 Å². The zero-order valence-corrected chi connectivity index (χ0v) is 11.2. The lowest BCUT2D eigenvalue weighted by Crippen LogP contribution is -2.20. The minimum Gasteiger partial charge on any atom is -0.360 e. The third kappa shape index (κ3) is 2.73. The fourth-order valence-corrected chi connectivity index (χ4v) is 2.15. The molecule has 6 nitrogen and oxygen atoms in total. The maximum atomic E-state index is 11.4. The van der Waals surface area contributed by atoms with E-state index in [1.165, 1.54) is 22.1 Å². The number of rotatable bonds is 5.